The minimum Gasteiger partial charge on any atom is -0.497 e. The molecule has 0 fully saturated rings. The van der Waals surface area contributed by atoms with Gasteiger partial charge in [0, 0.05) is 23.4 Å². The molecule has 0 aliphatic rings. The number of rotatable bonds is 7. The van der Waals surface area contributed by atoms with Gasteiger partial charge >= 0.3 is 0 Å². The number of hydrogen-bond acceptors (Lipinski definition) is 3. The number of methoxy groups -OCH3 is 1. The third-order valence-corrected chi connectivity index (χ3v) is 3.77. The van der Waals surface area contributed by atoms with Gasteiger partial charge in [-0.25, -0.2) is 0 Å². The molecule has 3 nitrogen and oxygen atoms in total. The number of ketones is 1. The highest BCUT2D eigenvalue weighted by Crippen LogP contribution is 2.24. The summed E-state index contributed by atoms with van der Waals surface area (Å²) in [5, 5.41) is 0. The maximum atomic E-state index is 12.1. The molecule has 0 bridgehead atoms. The quantitative estimate of drug-likeness (QED) is 0.842. The predicted molar refractivity (Wildman–Crippen MR) is 76.9 cm³/mol. The molecule has 18 heavy (non-hydrogen) atoms. The highest BCUT2D eigenvalue weighted by molar-refractivity contribution is 9.10. The Labute approximate surface area is 117 Å². The molecule has 1 aromatic rings. The van der Waals surface area contributed by atoms with E-state index in [0.29, 0.717) is 13.0 Å². The summed E-state index contributed by atoms with van der Waals surface area (Å²) in [7, 11) is 1.62. The van der Waals surface area contributed by atoms with Crippen molar-refractivity contribution in [2.45, 2.75) is 26.2 Å². The van der Waals surface area contributed by atoms with Crippen molar-refractivity contribution in [1.82, 2.24) is 0 Å². The Morgan fingerprint density at radius 1 is 1.50 bits per heavy atom. The molecule has 1 unspecified atom stereocenters. The average molecular weight is 314 g/mol. The molecule has 1 aromatic carbocycles. The lowest BCUT2D eigenvalue weighted by atomic mass is 9.94. The fraction of sp³-hybridized carbons (Fsp3) is 0.500. The average Bonchev–Trinajstić information content (AvgIpc) is 2.38. The highest BCUT2D eigenvalue weighted by Gasteiger charge is 2.17. The lowest BCUT2D eigenvalue weighted by Crippen LogP contribution is -2.25. The Balaban J connectivity index is 2.79. The molecular weight excluding hydrogens is 294 g/mol. The van der Waals surface area contributed by atoms with Crippen LogP contribution in [0.5, 0.6) is 5.75 Å². The van der Waals surface area contributed by atoms with E-state index < -0.39 is 0 Å². The van der Waals surface area contributed by atoms with Crippen molar-refractivity contribution < 1.29 is 9.53 Å². The minimum absolute atomic E-state index is 0.0342. The first-order valence-electron chi connectivity index (χ1n) is 6.17. The number of ether oxygens (including phenoxy) is 1. The van der Waals surface area contributed by atoms with Crippen LogP contribution < -0.4 is 10.5 Å². The van der Waals surface area contributed by atoms with Gasteiger partial charge in [-0.05, 0) is 30.2 Å². The Hall–Kier alpha value is -0.870. The number of carbonyl (C=O) groups is 1. The van der Waals surface area contributed by atoms with Crippen LogP contribution in [0.2, 0.25) is 0 Å². The second-order valence-corrected chi connectivity index (χ2v) is 5.18. The van der Waals surface area contributed by atoms with Crippen molar-refractivity contribution in [3.8, 4) is 5.75 Å². The van der Waals surface area contributed by atoms with E-state index in [9.17, 15) is 4.79 Å². The van der Waals surface area contributed by atoms with E-state index in [1.165, 1.54) is 0 Å². The number of carbonyl (C=O) groups excluding carboxylic acids is 1. The Morgan fingerprint density at radius 3 is 2.78 bits per heavy atom. The van der Waals surface area contributed by atoms with Gasteiger partial charge in [-0.2, -0.15) is 0 Å². The Morgan fingerprint density at radius 2 is 2.22 bits per heavy atom. The fourth-order valence-electron chi connectivity index (χ4n) is 1.90. The van der Waals surface area contributed by atoms with Crippen molar-refractivity contribution >= 4 is 21.7 Å². The lowest BCUT2D eigenvalue weighted by molar-refractivity contribution is -0.122. The topological polar surface area (TPSA) is 52.3 Å². The van der Waals surface area contributed by atoms with Gasteiger partial charge in [0.25, 0.3) is 0 Å². The van der Waals surface area contributed by atoms with Crippen molar-refractivity contribution in [1.29, 1.82) is 0 Å². The van der Waals surface area contributed by atoms with E-state index in [1.807, 2.05) is 18.2 Å². The second kappa shape index (κ2) is 7.54. The number of benzene rings is 1. The van der Waals surface area contributed by atoms with Crippen LogP contribution in [0.15, 0.2) is 22.7 Å². The van der Waals surface area contributed by atoms with Gasteiger partial charge in [0.15, 0.2) is 0 Å². The molecule has 4 heteroatoms. The predicted octanol–water partition coefficient (Wildman–Crippen LogP) is 2.94. The van der Waals surface area contributed by atoms with Gasteiger partial charge < -0.3 is 10.5 Å². The van der Waals surface area contributed by atoms with Crippen molar-refractivity contribution in [2.24, 2.45) is 11.7 Å². The normalized spacial score (nSPS) is 12.2. The molecule has 0 saturated carbocycles. The van der Waals surface area contributed by atoms with Crippen molar-refractivity contribution in [3.63, 3.8) is 0 Å². The number of Topliss-reactive ketones (excluding diaryl/α,β-unsaturated/α-hetero) is 1. The summed E-state index contributed by atoms with van der Waals surface area (Å²) in [4.78, 5) is 12.1. The van der Waals surface area contributed by atoms with Crippen LogP contribution in [0.1, 0.15) is 25.3 Å². The van der Waals surface area contributed by atoms with Gasteiger partial charge in [-0.3, -0.25) is 4.79 Å². The standard InChI is InChI=1S/C14H20BrNO2/c1-3-4-10(9-16)14(17)8-11-7-12(18-2)5-6-13(11)15/h5-7,10H,3-4,8-9,16H2,1-2H3. The van der Waals surface area contributed by atoms with Crippen molar-refractivity contribution in [2.75, 3.05) is 13.7 Å². The molecule has 0 heterocycles. The van der Waals surface area contributed by atoms with Crippen LogP contribution in [0.4, 0.5) is 0 Å². The largest absolute Gasteiger partial charge is 0.497 e. The Kier molecular flexibility index (Phi) is 6.36. The van der Waals surface area contributed by atoms with Crippen LogP contribution in [0.25, 0.3) is 0 Å². The van der Waals surface area contributed by atoms with E-state index in [0.717, 1.165) is 28.6 Å². The number of halogens is 1. The fourth-order valence-corrected chi connectivity index (χ4v) is 2.29. The lowest BCUT2D eigenvalue weighted by Gasteiger charge is -2.13. The summed E-state index contributed by atoms with van der Waals surface area (Å²) >= 11 is 3.46. The molecule has 1 atom stereocenters. The molecule has 0 spiro atoms. The second-order valence-electron chi connectivity index (χ2n) is 4.32. The molecule has 0 aromatic heterocycles. The summed E-state index contributed by atoms with van der Waals surface area (Å²) in [5.41, 5.74) is 6.60. The van der Waals surface area contributed by atoms with Crippen LogP contribution in [0.3, 0.4) is 0 Å². The molecule has 0 amide bonds. The first-order valence-corrected chi connectivity index (χ1v) is 6.96. The highest BCUT2D eigenvalue weighted by atomic mass is 79.9. The van der Waals surface area contributed by atoms with Gasteiger partial charge in [0.2, 0.25) is 0 Å². The number of hydrogen-bond donors (Lipinski definition) is 1. The maximum absolute atomic E-state index is 12.1. The first kappa shape index (κ1) is 15.2. The molecule has 0 saturated heterocycles. The molecule has 2 N–H and O–H groups in total. The van der Waals surface area contributed by atoms with E-state index in [4.69, 9.17) is 10.5 Å². The zero-order valence-electron chi connectivity index (χ0n) is 10.9. The minimum atomic E-state index is -0.0342. The summed E-state index contributed by atoms with van der Waals surface area (Å²) in [6.07, 6.45) is 2.24. The third kappa shape index (κ3) is 4.10. The van der Waals surface area contributed by atoms with E-state index in [-0.39, 0.29) is 11.7 Å². The Bertz CT molecular complexity index is 407. The summed E-state index contributed by atoms with van der Waals surface area (Å²) in [6.45, 7) is 2.49. The number of nitrogens with two attached hydrogens (primary N) is 1. The molecular formula is C14H20BrNO2. The first-order chi connectivity index (χ1) is 8.62. The monoisotopic (exact) mass is 313 g/mol. The molecule has 1 rings (SSSR count). The summed E-state index contributed by atoms with van der Waals surface area (Å²) < 4.78 is 6.10. The summed E-state index contributed by atoms with van der Waals surface area (Å²) in [5.74, 6) is 0.933. The van der Waals surface area contributed by atoms with Gasteiger partial charge in [0.05, 0.1) is 7.11 Å². The zero-order valence-corrected chi connectivity index (χ0v) is 12.5. The molecule has 0 radical (unpaired) electrons. The van der Waals surface area contributed by atoms with E-state index in [1.54, 1.807) is 7.11 Å². The summed E-state index contributed by atoms with van der Waals surface area (Å²) in [6, 6.07) is 5.66. The zero-order chi connectivity index (χ0) is 13.5. The smallest absolute Gasteiger partial charge is 0.141 e. The van der Waals surface area contributed by atoms with E-state index in [2.05, 4.69) is 22.9 Å². The maximum Gasteiger partial charge on any atom is 0.141 e. The van der Waals surface area contributed by atoms with Crippen LogP contribution in [-0.4, -0.2) is 19.4 Å². The van der Waals surface area contributed by atoms with E-state index >= 15 is 0 Å². The molecule has 0 aliphatic carbocycles. The van der Waals surface area contributed by atoms with Gasteiger partial charge in [-0.15, -0.1) is 0 Å². The van der Waals surface area contributed by atoms with Crippen molar-refractivity contribution in [3.05, 3.63) is 28.2 Å². The van der Waals surface area contributed by atoms with Gasteiger partial charge in [0.1, 0.15) is 11.5 Å². The third-order valence-electron chi connectivity index (χ3n) is 2.99. The van der Waals surface area contributed by atoms with Crippen LogP contribution >= 0.6 is 15.9 Å². The van der Waals surface area contributed by atoms with Gasteiger partial charge in [-0.1, -0.05) is 29.3 Å². The molecule has 0 aliphatic heterocycles. The molecule has 100 valence electrons. The SMILES string of the molecule is CCCC(CN)C(=O)Cc1cc(OC)ccc1Br. The van der Waals surface area contributed by atoms with Crippen LogP contribution in [-0.2, 0) is 11.2 Å². The van der Waals surface area contributed by atoms with Crippen LogP contribution in [0, 0.1) is 5.92 Å².